The van der Waals surface area contributed by atoms with Gasteiger partial charge in [0.2, 0.25) is 11.8 Å². The number of hydrogen-bond donors (Lipinski definition) is 1. The summed E-state index contributed by atoms with van der Waals surface area (Å²) < 4.78 is 6.18. The zero-order valence-corrected chi connectivity index (χ0v) is 15.7. The molecule has 0 radical (unpaired) electrons. The highest BCUT2D eigenvalue weighted by atomic mass is 79.9. The number of hydrogen-bond acceptors (Lipinski definition) is 3. The van der Waals surface area contributed by atoms with Gasteiger partial charge in [0.1, 0.15) is 5.75 Å². The van der Waals surface area contributed by atoms with Gasteiger partial charge in [-0.25, -0.2) is 0 Å². The van der Waals surface area contributed by atoms with E-state index >= 15 is 0 Å². The third-order valence-electron chi connectivity index (χ3n) is 4.25. The quantitative estimate of drug-likeness (QED) is 0.846. The summed E-state index contributed by atoms with van der Waals surface area (Å²) in [7, 11) is 1.58. The minimum atomic E-state index is -0.398. The zero-order valence-electron chi connectivity index (χ0n) is 14.1. The summed E-state index contributed by atoms with van der Waals surface area (Å²) >= 11 is 3.41. The third kappa shape index (κ3) is 3.69. The number of anilines is 2. The summed E-state index contributed by atoms with van der Waals surface area (Å²) in [5, 5.41) is 2.89. The fourth-order valence-corrected chi connectivity index (χ4v) is 3.31. The first-order chi connectivity index (χ1) is 12.0. The molecule has 1 atom stereocenters. The van der Waals surface area contributed by atoms with Gasteiger partial charge in [0.05, 0.1) is 24.4 Å². The van der Waals surface area contributed by atoms with Crippen LogP contribution in [0.1, 0.15) is 12.0 Å². The predicted molar refractivity (Wildman–Crippen MR) is 101 cm³/mol. The van der Waals surface area contributed by atoms with Crippen molar-refractivity contribution in [3.05, 3.63) is 52.5 Å². The van der Waals surface area contributed by atoms with E-state index in [0.717, 1.165) is 10.0 Å². The van der Waals surface area contributed by atoms with Gasteiger partial charge in [0.15, 0.2) is 0 Å². The van der Waals surface area contributed by atoms with Gasteiger partial charge in [-0.05, 0) is 52.7 Å². The third-order valence-corrected chi connectivity index (χ3v) is 4.94. The first kappa shape index (κ1) is 17.5. The van der Waals surface area contributed by atoms with Crippen molar-refractivity contribution in [2.45, 2.75) is 13.3 Å². The lowest BCUT2D eigenvalue weighted by Gasteiger charge is -2.20. The number of amides is 2. The van der Waals surface area contributed by atoms with E-state index in [4.69, 9.17) is 4.74 Å². The Morgan fingerprint density at radius 2 is 2.04 bits per heavy atom. The summed E-state index contributed by atoms with van der Waals surface area (Å²) in [6.45, 7) is 2.30. The molecule has 0 aromatic heterocycles. The largest absolute Gasteiger partial charge is 0.495 e. The van der Waals surface area contributed by atoms with E-state index in [0.29, 0.717) is 23.7 Å². The van der Waals surface area contributed by atoms with Crippen LogP contribution in [0.25, 0.3) is 0 Å². The Kier molecular flexibility index (Phi) is 5.08. The minimum absolute atomic E-state index is 0.0730. The molecule has 2 aromatic rings. The molecule has 0 saturated carbocycles. The van der Waals surface area contributed by atoms with Gasteiger partial charge >= 0.3 is 0 Å². The molecule has 1 unspecified atom stereocenters. The Morgan fingerprint density at radius 3 is 2.76 bits per heavy atom. The van der Waals surface area contributed by atoms with E-state index in [9.17, 15) is 9.59 Å². The van der Waals surface area contributed by atoms with Gasteiger partial charge < -0.3 is 15.0 Å². The Balaban J connectivity index is 1.78. The lowest BCUT2D eigenvalue weighted by Crippen LogP contribution is -2.28. The van der Waals surface area contributed by atoms with Crippen LogP contribution in [0.2, 0.25) is 0 Å². The van der Waals surface area contributed by atoms with E-state index in [2.05, 4.69) is 21.2 Å². The highest BCUT2D eigenvalue weighted by Gasteiger charge is 2.36. The van der Waals surface area contributed by atoms with E-state index in [-0.39, 0.29) is 18.2 Å². The molecule has 1 N–H and O–H groups in total. The number of halogens is 1. The smallest absolute Gasteiger partial charge is 0.229 e. The van der Waals surface area contributed by atoms with Crippen LogP contribution in [0.4, 0.5) is 11.4 Å². The maximum Gasteiger partial charge on any atom is 0.229 e. The fraction of sp³-hybridized carbons (Fsp3) is 0.263. The van der Waals surface area contributed by atoms with Gasteiger partial charge in [-0.15, -0.1) is 0 Å². The molecule has 2 amide bonds. The summed E-state index contributed by atoms with van der Waals surface area (Å²) in [5.41, 5.74) is 2.44. The number of benzene rings is 2. The van der Waals surface area contributed by atoms with Crippen molar-refractivity contribution in [1.82, 2.24) is 0 Å². The summed E-state index contributed by atoms with van der Waals surface area (Å²) in [6.07, 6.45) is 0.188. The van der Waals surface area contributed by atoms with Gasteiger partial charge in [-0.1, -0.05) is 18.2 Å². The summed E-state index contributed by atoms with van der Waals surface area (Å²) in [5.74, 6) is 0.00110. The molecule has 25 heavy (non-hydrogen) atoms. The second kappa shape index (κ2) is 7.27. The zero-order chi connectivity index (χ0) is 18.0. The highest BCUT2D eigenvalue weighted by Crippen LogP contribution is 2.34. The van der Waals surface area contributed by atoms with E-state index in [1.54, 1.807) is 12.0 Å². The summed E-state index contributed by atoms with van der Waals surface area (Å²) in [6, 6.07) is 13.1. The molecule has 1 saturated heterocycles. The second-order valence-electron chi connectivity index (χ2n) is 6.05. The molecular weight excluding hydrogens is 384 g/mol. The van der Waals surface area contributed by atoms with E-state index in [1.807, 2.05) is 49.4 Å². The molecule has 0 aliphatic carbocycles. The average Bonchev–Trinajstić information content (AvgIpc) is 2.98. The first-order valence-electron chi connectivity index (χ1n) is 8.00. The van der Waals surface area contributed by atoms with Crippen LogP contribution >= 0.6 is 15.9 Å². The minimum Gasteiger partial charge on any atom is -0.495 e. The fourth-order valence-electron chi connectivity index (χ4n) is 2.92. The number of carbonyl (C=O) groups excluding carboxylic acids is 2. The number of nitrogens with zero attached hydrogens (tertiary/aromatic N) is 1. The topological polar surface area (TPSA) is 58.6 Å². The lowest BCUT2D eigenvalue weighted by atomic mass is 10.1. The molecule has 0 bridgehead atoms. The second-order valence-corrected chi connectivity index (χ2v) is 6.90. The Bertz CT molecular complexity index is 822. The monoisotopic (exact) mass is 402 g/mol. The molecule has 130 valence electrons. The van der Waals surface area contributed by atoms with Crippen LogP contribution in [0.15, 0.2) is 46.9 Å². The summed E-state index contributed by atoms with van der Waals surface area (Å²) in [4.78, 5) is 26.7. The number of ether oxygens (including phenoxy) is 1. The molecule has 5 nitrogen and oxygen atoms in total. The number of carbonyl (C=O) groups is 2. The van der Waals surface area contributed by atoms with Crippen LogP contribution in [0.3, 0.4) is 0 Å². The lowest BCUT2D eigenvalue weighted by molar-refractivity contribution is -0.122. The standard InChI is InChI=1S/C19H19BrN2O3/c1-12-7-8-17(25-2)16(9-12)22-11-13(10-18(22)23)19(24)21-15-6-4-3-5-14(15)20/h3-9,13H,10-11H2,1-2H3,(H,21,24). The number of nitrogens with one attached hydrogen (secondary N) is 1. The molecule has 1 heterocycles. The van der Waals surface area contributed by atoms with Crippen molar-refractivity contribution in [3.63, 3.8) is 0 Å². The van der Waals surface area contributed by atoms with E-state index in [1.165, 1.54) is 0 Å². The SMILES string of the molecule is COc1ccc(C)cc1N1CC(C(=O)Nc2ccccc2Br)CC1=O. The Labute approximate surface area is 155 Å². The van der Waals surface area contributed by atoms with Crippen molar-refractivity contribution in [2.75, 3.05) is 23.9 Å². The van der Waals surface area contributed by atoms with Crippen LogP contribution in [-0.2, 0) is 9.59 Å². The average molecular weight is 403 g/mol. The maximum atomic E-state index is 12.6. The van der Waals surface area contributed by atoms with E-state index < -0.39 is 5.92 Å². The van der Waals surface area contributed by atoms with Crippen LogP contribution in [-0.4, -0.2) is 25.5 Å². The van der Waals surface area contributed by atoms with Crippen LogP contribution < -0.4 is 15.0 Å². The van der Waals surface area contributed by atoms with Crippen molar-refractivity contribution < 1.29 is 14.3 Å². The van der Waals surface area contributed by atoms with Gasteiger partial charge in [0.25, 0.3) is 0 Å². The number of aryl methyl sites for hydroxylation is 1. The van der Waals surface area contributed by atoms with Crippen molar-refractivity contribution in [2.24, 2.45) is 5.92 Å². The predicted octanol–water partition coefficient (Wildman–Crippen LogP) is 3.76. The van der Waals surface area contributed by atoms with Crippen molar-refractivity contribution in [3.8, 4) is 5.75 Å². The maximum absolute atomic E-state index is 12.6. The van der Waals surface area contributed by atoms with Gasteiger partial charge in [-0.3, -0.25) is 9.59 Å². The molecule has 1 aliphatic rings. The Morgan fingerprint density at radius 1 is 1.28 bits per heavy atom. The number of methoxy groups -OCH3 is 1. The van der Waals surface area contributed by atoms with Gasteiger partial charge in [-0.2, -0.15) is 0 Å². The van der Waals surface area contributed by atoms with Crippen LogP contribution in [0, 0.1) is 12.8 Å². The Hall–Kier alpha value is -2.34. The number of rotatable bonds is 4. The van der Waals surface area contributed by atoms with Crippen molar-refractivity contribution >= 4 is 39.1 Å². The molecule has 6 heteroatoms. The number of para-hydroxylation sites is 1. The van der Waals surface area contributed by atoms with Crippen molar-refractivity contribution in [1.29, 1.82) is 0 Å². The molecule has 1 fully saturated rings. The molecule has 1 aliphatic heterocycles. The first-order valence-corrected chi connectivity index (χ1v) is 8.79. The normalized spacial score (nSPS) is 16.8. The highest BCUT2D eigenvalue weighted by molar-refractivity contribution is 9.10. The molecule has 2 aromatic carbocycles. The van der Waals surface area contributed by atoms with Gasteiger partial charge in [0, 0.05) is 17.4 Å². The van der Waals surface area contributed by atoms with Crippen LogP contribution in [0.5, 0.6) is 5.75 Å². The molecule has 3 rings (SSSR count). The molecule has 0 spiro atoms. The molecular formula is C19H19BrN2O3.